The molecule has 7 heteroatoms. The van der Waals surface area contributed by atoms with Gasteiger partial charge in [-0.1, -0.05) is 31.5 Å². The minimum Gasteiger partial charge on any atom is -0.353 e. The van der Waals surface area contributed by atoms with Crippen LogP contribution in [0.5, 0.6) is 0 Å². The molecule has 2 aromatic heterocycles. The highest BCUT2D eigenvalue weighted by molar-refractivity contribution is 7.99. The van der Waals surface area contributed by atoms with Gasteiger partial charge in [0.25, 0.3) is 0 Å². The third-order valence-electron chi connectivity index (χ3n) is 5.52. The number of hydrogen-bond donors (Lipinski definition) is 1. The highest BCUT2D eigenvalue weighted by Gasteiger charge is 2.23. The third-order valence-corrected chi connectivity index (χ3v) is 7.57. The van der Waals surface area contributed by atoms with E-state index < -0.39 is 0 Å². The zero-order chi connectivity index (χ0) is 18.6. The maximum atomic E-state index is 12.3. The van der Waals surface area contributed by atoms with Crippen LogP contribution in [0.25, 0.3) is 11.4 Å². The van der Waals surface area contributed by atoms with Crippen LogP contribution < -0.4 is 5.32 Å². The molecule has 0 bridgehead atoms. The van der Waals surface area contributed by atoms with Crippen molar-refractivity contribution in [2.24, 2.45) is 0 Å². The van der Waals surface area contributed by atoms with Gasteiger partial charge in [0.2, 0.25) is 5.91 Å². The topological polar surface area (TPSA) is 59.8 Å². The predicted octanol–water partition coefficient (Wildman–Crippen LogP) is 4.45. The zero-order valence-electron chi connectivity index (χ0n) is 16.0. The first-order chi connectivity index (χ1) is 13.3. The molecule has 1 fully saturated rings. The van der Waals surface area contributed by atoms with E-state index in [1.807, 2.05) is 11.3 Å². The summed E-state index contributed by atoms with van der Waals surface area (Å²) in [6, 6.07) is 0.375. The van der Waals surface area contributed by atoms with Crippen LogP contribution in [-0.2, 0) is 24.2 Å². The molecule has 1 amide bonds. The minimum atomic E-state index is 0.118. The highest BCUT2D eigenvalue weighted by Crippen LogP contribution is 2.36. The van der Waals surface area contributed by atoms with E-state index in [1.165, 1.54) is 59.9 Å². The summed E-state index contributed by atoms with van der Waals surface area (Å²) in [5, 5.41) is 15.3. The Balaban J connectivity index is 1.49. The summed E-state index contributed by atoms with van der Waals surface area (Å²) in [5.41, 5.74) is 2.74. The molecule has 0 saturated heterocycles. The normalized spacial score (nSPS) is 17.2. The van der Waals surface area contributed by atoms with Crippen molar-refractivity contribution in [3.8, 4) is 11.4 Å². The maximum absolute atomic E-state index is 12.3. The fourth-order valence-corrected chi connectivity index (χ4v) is 6.07. The lowest BCUT2D eigenvalue weighted by Crippen LogP contribution is -2.33. The van der Waals surface area contributed by atoms with Crippen molar-refractivity contribution in [3.05, 3.63) is 15.8 Å². The molecule has 0 aliphatic heterocycles. The second kappa shape index (κ2) is 8.78. The van der Waals surface area contributed by atoms with Crippen molar-refractivity contribution in [3.63, 3.8) is 0 Å². The number of aromatic nitrogens is 3. The van der Waals surface area contributed by atoms with Gasteiger partial charge < -0.3 is 9.88 Å². The summed E-state index contributed by atoms with van der Waals surface area (Å²) in [4.78, 5) is 13.8. The van der Waals surface area contributed by atoms with Crippen LogP contribution in [0, 0.1) is 0 Å². The van der Waals surface area contributed by atoms with Crippen LogP contribution in [0.15, 0.2) is 10.5 Å². The molecule has 2 heterocycles. The Hall–Kier alpha value is -1.34. The molecule has 2 aliphatic rings. The van der Waals surface area contributed by atoms with Crippen LogP contribution in [0.4, 0.5) is 0 Å². The van der Waals surface area contributed by atoms with Crippen molar-refractivity contribution >= 4 is 29.0 Å². The highest BCUT2D eigenvalue weighted by atomic mass is 32.2. The lowest BCUT2D eigenvalue weighted by atomic mass is 9.95. The predicted molar refractivity (Wildman–Crippen MR) is 111 cm³/mol. The second-order valence-corrected chi connectivity index (χ2v) is 9.46. The number of aryl methyl sites for hydroxylation is 1. The Morgan fingerprint density at radius 1 is 1.26 bits per heavy atom. The molecule has 27 heavy (non-hydrogen) atoms. The number of thioether (sulfide) groups is 1. The van der Waals surface area contributed by atoms with Crippen molar-refractivity contribution in [2.45, 2.75) is 82.5 Å². The van der Waals surface area contributed by atoms with Crippen LogP contribution >= 0.6 is 23.1 Å². The summed E-state index contributed by atoms with van der Waals surface area (Å²) >= 11 is 3.38. The number of hydrogen-bond acceptors (Lipinski definition) is 5. The first-order valence-electron chi connectivity index (χ1n) is 10.2. The molecule has 0 spiro atoms. The van der Waals surface area contributed by atoms with E-state index >= 15 is 0 Å². The molecule has 1 N–H and O–H groups in total. The first-order valence-corrected chi connectivity index (χ1v) is 12.1. The molecule has 4 rings (SSSR count). The maximum Gasteiger partial charge on any atom is 0.230 e. The smallest absolute Gasteiger partial charge is 0.230 e. The number of fused-ring (bicyclic) bond motifs is 1. The lowest BCUT2D eigenvalue weighted by Gasteiger charge is -2.14. The number of nitrogens with one attached hydrogen (secondary N) is 1. The van der Waals surface area contributed by atoms with Gasteiger partial charge in [-0.05, 0) is 50.5 Å². The molecule has 0 aromatic carbocycles. The lowest BCUT2D eigenvalue weighted by molar-refractivity contribution is -0.119. The fraction of sp³-hybridized carbons (Fsp3) is 0.650. The number of rotatable bonds is 7. The van der Waals surface area contributed by atoms with Gasteiger partial charge in [-0.25, -0.2) is 0 Å². The Morgan fingerprint density at radius 2 is 2.07 bits per heavy atom. The molecule has 0 atom stereocenters. The quantitative estimate of drug-likeness (QED) is 0.693. The Kier molecular flexibility index (Phi) is 6.18. The first kappa shape index (κ1) is 19.0. The fourth-order valence-electron chi connectivity index (χ4n) is 4.17. The van der Waals surface area contributed by atoms with Gasteiger partial charge in [0.1, 0.15) is 0 Å². The van der Waals surface area contributed by atoms with Crippen LogP contribution in [0.3, 0.4) is 0 Å². The molecule has 2 aromatic rings. The van der Waals surface area contributed by atoms with Gasteiger partial charge >= 0.3 is 0 Å². The van der Waals surface area contributed by atoms with E-state index in [-0.39, 0.29) is 5.91 Å². The molecule has 0 radical (unpaired) electrons. The minimum absolute atomic E-state index is 0.118. The number of nitrogens with zero attached hydrogens (tertiary/aromatic N) is 3. The summed E-state index contributed by atoms with van der Waals surface area (Å²) in [6.45, 7) is 3.06. The van der Waals surface area contributed by atoms with Crippen molar-refractivity contribution in [1.82, 2.24) is 20.1 Å². The largest absolute Gasteiger partial charge is 0.353 e. The number of amides is 1. The molecule has 1 saturated carbocycles. The molecular formula is C20H28N4OS2. The third kappa shape index (κ3) is 4.24. The van der Waals surface area contributed by atoms with E-state index in [1.54, 1.807) is 0 Å². The summed E-state index contributed by atoms with van der Waals surface area (Å²) in [5.74, 6) is 1.52. The van der Waals surface area contributed by atoms with Crippen LogP contribution in [0.2, 0.25) is 0 Å². The number of carbonyl (C=O) groups is 1. The summed E-state index contributed by atoms with van der Waals surface area (Å²) < 4.78 is 2.21. The number of thiophene rings is 1. The van der Waals surface area contributed by atoms with Gasteiger partial charge in [0.15, 0.2) is 11.0 Å². The molecule has 2 aliphatic carbocycles. The van der Waals surface area contributed by atoms with E-state index in [9.17, 15) is 4.79 Å². The second-order valence-electron chi connectivity index (χ2n) is 7.55. The Morgan fingerprint density at radius 3 is 2.89 bits per heavy atom. The standard InChI is InChI=1S/C20H28N4OS2/c1-2-11-24-19(16-12-26-17-10-6-5-9-15(16)17)22-23-20(24)27-13-18(25)21-14-7-3-4-8-14/h12,14H,2-11,13H2,1H3,(H,21,25). The van der Waals surface area contributed by atoms with E-state index in [4.69, 9.17) is 0 Å². The Bertz CT molecular complexity index is 792. The van der Waals surface area contributed by atoms with Gasteiger partial charge in [-0.2, -0.15) is 0 Å². The molecule has 0 unspecified atom stereocenters. The summed E-state index contributed by atoms with van der Waals surface area (Å²) in [7, 11) is 0. The van der Waals surface area contributed by atoms with Gasteiger partial charge in [0, 0.05) is 28.4 Å². The van der Waals surface area contributed by atoms with E-state index in [0.29, 0.717) is 11.8 Å². The average Bonchev–Trinajstić information content (AvgIpc) is 3.40. The number of carbonyl (C=O) groups excluding carboxylic acids is 1. The SMILES string of the molecule is CCCn1c(SCC(=O)NC2CCCC2)nnc1-c1csc2c1CCCC2. The van der Waals surface area contributed by atoms with Gasteiger partial charge in [-0.3, -0.25) is 4.79 Å². The van der Waals surface area contributed by atoms with Crippen LogP contribution in [0.1, 0.15) is 62.3 Å². The van der Waals surface area contributed by atoms with Crippen molar-refractivity contribution in [2.75, 3.05) is 5.75 Å². The molecule has 5 nitrogen and oxygen atoms in total. The van der Waals surface area contributed by atoms with Crippen molar-refractivity contribution in [1.29, 1.82) is 0 Å². The monoisotopic (exact) mass is 404 g/mol. The van der Waals surface area contributed by atoms with Gasteiger partial charge in [-0.15, -0.1) is 21.5 Å². The van der Waals surface area contributed by atoms with Crippen molar-refractivity contribution < 1.29 is 4.79 Å². The van der Waals surface area contributed by atoms with Crippen LogP contribution in [-0.4, -0.2) is 32.5 Å². The Labute approximate surface area is 169 Å². The molecular weight excluding hydrogens is 376 g/mol. The zero-order valence-corrected chi connectivity index (χ0v) is 17.6. The average molecular weight is 405 g/mol. The van der Waals surface area contributed by atoms with E-state index in [0.717, 1.165) is 43.2 Å². The summed E-state index contributed by atoms with van der Waals surface area (Å²) in [6.07, 6.45) is 10.6. The van der Waals surface area contributed by atoms with Gasteiger partial charge in [0.05, 0.1) is 5.75 Å². The van der Waals surface area contributed by atoms with E-state index in [2.05, 4.69) is 32.4 Å². The molecule has 146 valence electrons.